The lowest BCUT2D eigenvalue weighted by Gasteiger charge is -2.12. The molecule has 1 atom stereocenters. The van der Waals surface area contributed by atoms with Gasteiger partial charge in [-0.05, 0) is 19.0 Å². The average molecular weight is 182 g/mol. The molecule has 0 aliphatic carbocycles. The Morgan fingerprint density at radius 2 is 2.31 bits per heavy atom. The predicted octanol–water partition coefficient (Wildman–Crippen LogP) is 0.756. The molecule has 0 fully saturated rings. The summed E-state index contributed by atoms with van der Waals surface area (Å²) in [6.07, 6.45) is 1.43. The molecule has 1 heterocycles. The number of aromatic nitrogens is 1. The number of hydrogen-bond acceptors (Lipinski definition) is 3. The van der Waals surface area contributed by atoms with Crippen molar-refractivity contribution in [2.75, 3.05) is 6.54 Å². The molecule has 0 saturated heterocycles. The molecule has 0 aliphatic rings. The van der Waals surface area contributed by atoms with Crippen LogP contribution < -0.4 is 10.9 Å². The Balaban J connectivity index is 2.90. The SMILES string of the molecule is CCNC(C)c1ccc(=O)n(O)c1. The summed E-state index contributed by atoms with van der Waals surface area (Å²) in [5.41, 5.74) is 0.483. The second-order valence-corrected chi connectivity index (χ2v) is 2.92. The maximum atomic E-state index is 10.8. The maximum absolute atomic E-state index is 10.8. The fourth-order valence-corrected chi connectivity index (χ4v) is 1.17. The van der Waals surface area contributed by atoms with Crippen LogP contribution in [0.3, 0.4) is 0 Å². The third kappa shape index (κ3) is 2.32. The van der Waals surface area contributed by atoms with Gasteiger partial charge in [-0.3, -0.25) is 4.79 Å². The van der Waals surface area contributed by atoms with Crippen molar-refractivity contribution < 1.29 is 5.21 Å². The Morgan fingerprint density at radius 1 is 1.62 bits per heavy atom. The highest BCUT2D eigenvalue weighted by Gasteiger charge is 2.04. The highest BCUT2D eigenvalue weighted by Crippen LogP contribution is 2.08. The fourth-order valence-electron chi connectivity index (χ4n) is 1.17. The van der Waals surface area contributed by atoms with E-state index in [9.17, 15) is 4.79 Å². The minimum Gasteiger partial charge on any atom is -0.425 e. The molecule has 0 spiro atoms. The molecular formula is C9H14N2O2. The van der Waals surface area contributed by atoms with Crippen molar-refractivity contribution >= 4 is 0 Å². The van der Waals surface area contributed by atoms with E-state index in [1.807, 2.05) is 13.8 Å². The van der Waals surface area contributed by atoms with E-state index in [1.165, 1.54) is 12.3 Å². The first-order valence-electron chi connectivity index (χ1n) is 4.30. The van der Waals surface area contributed by atoms with Crippen molar-refractivity contribution in [1.29, 1.82) is 0 Å². The van der Waals surface area contributed by atoms with Gasteiger partial charge >= 0.3 is 0 Å². The zero-order valence-electron chi connectivity index (χ0n) is 7.82. The molecule has 0 amide bonds. The van der Waals surface area contributed by atoms with Gasteiger partial charge in [0.1, 0.15) is 0 Å². The third-order valence-corrected chi connectivity index (χ3v) is 1.93. The number of rotatable bonds is 3. The first kappa shape index (κ1) is 9.80. The van der Waals surface area contributed by atoms with Gasteiger partial charge in [-0.1, -0.05) is 13.0 Å². The zero-order valence-corrected chi connectivity index (χ0v) is 7.82. The van der Waals surface area contributed by atoms with E-state index in [1.54, 1.807) is 6.07 Å². The molecule has 0 radical (unpaired) electrons. The van der Waals surface area contributed by atoms with Crippen molar-refractivity contribution in [3.8, 4) is 0 Å². The standard InChI is InChI=1S/C9H14N2O2/c1-3-10-7(2)8-4-5-9(12)11(13)6-8/h4-7,10,13H,3H2,1-2H3. The fraction of sp³-hybridized carbons (Fsp3) is 0.444. The van der Waals surface area contributed by atoms with Crippen LogP contribution >= 0.6 is 0 Å². The lowest BCUT2D eigenvalue weighted by molar-refractivity contribution is 0.173. The molecule has 4 nitrogen and oxygen atoms in total. The van der Waals surface area contributed by atoms with E-state index < -0.39 is 5.56 Å². The summed E-state index contributed by atoms with van der Waals surface area (Å²) < 4.78 is 0.600. The highest BCUT2D eigenvalue weighted by atomic mass is 16.5. The predicted molar refractivity (Wildman–Crippen MR) is 50.0 cm³/mol. The van der Waals surface area contributed by atoms with Crippen LogP contribution in [0.1, 0.15) is 25.5 Å². The first-order valence-corrected chi connectivity index (χ1v) is 4.30. The summed E-state index contributed by atoms with van der Waals surface area (Å²) in [6, 6.07) is 3.20. The summed E-state index contributed by atoms with van der Waals surface area (Å²) in [4.78, 5) is 10.8. The Morgan fingerprint density at radius 3 is 2.85 bits per heavy atom. The number of hydrogen-bond donors (Lipinski definition) is 2. The van der Waals surface area contributed by atoms with Crippen LogP contribution in [0, 0.1) is 0 Å². The molecule has 13 heavy (non-hydrogen) atoms. The summed E-state index contributed by atoms with van der Waals surface area (Å²) in [5, 5.41) is 12.3. The molecular weight excluding hydrogens is 168 g/mol. The van der Waals surface area contributed by atoms with E-state index in [-0.39, 0.29) is 6.04 Å². The molecule has 1 unspecified atom stereocenters. The third-order valence-electron chi connectivity index (χ3n) is 1.93. The molecule has 1 aromatic rings. The van der Waals surface area contributed by atoms with E-state index in [4.69, 9.17) is 5.21 Å². The van der Waals surface area contributed by atoms with E-state index in [0.29, 0.717) is 4.73 Å². The van der Waals surface area contributed by atoms with Crippen LogP contribution in [-0.4, -0.2) is 16.5 Å². The molecule has 2 N–H and O–H groups in total. The van der Waals surface area contributed by atoms with E-state index >= 15 is 0 Å². The molecule has 1 rings (SSSR count). The van der Waals surface area contributed by atoms with Gasteiger partial charge in [-0.15, -0.1) is 0 Å². The summed E-state index contributed by atoms with van der Waals surface area (Å²) in [6.45, 7) is 4.83. The molecule has 1 aromatic heterocycles. The highest BCUT2D eigenvalue weighted by molar-refractivity contribution is 5.13. The summed E-state index contributed by atoms with van der Waals surface area (Å²) >= 11 is 0. The van der Waals surface area contributed by atoms with Crippen LogP contribution in [0.2, 0.25) is 0 Å². The van der Waals surface area contributed by atoms with Crippen molar-refractivity contribution in [2.45, 2.75) is 19.9 Å². The van der Waals surface area contributed by atoms with E-state index in [0.717, 1.165) is 12.1 Å². The second-order valence-electron chi connectivity index (χ2n) is 2.92. The van der Waals surface area contributed by atoms with Gasteiger partial charge in [-0.25, -0.2) is 0 Å². The number of nitrogens with zero attached hydrogens (tertiary/aromatic N) is 1. The normalized spacial score (nSPS) is 12.8. The van der Waals surface area contributed by atoms with Crippen LogP contribution in [0.4, 0.5) is 0 Å². The smallest absolute Gasteiger partial charge is 0.282 e. The van der Waals surface area contributed by atoms with Gasteiger partial charge in [0.25, 0.3) is 5.56 Å². The van der Waals surface area contributed by atoms with Gasteiger partial charge in [-0.2, -0.15) is 4.73 Å². The molecule has 0 bridgehead atoms. The van der Waals surface area contributed by atoms with Crippen LogP contribution in [0.5, 0.6) is 0 Å². The largest absolute Gasteiger partial charge is 0.425 e. The van der Waals surface area contributed by atoms with Crippen molar-refractivity contribution in [3.05, 3.63) is 34.2 Å². The molecule has 4 heteroatoms. The first-order chi connectivity index (χ1) is 6.15. The number of pyridine rings is 1. The Bertz CT molecular complexity index is 333. The maximum Gasteiger partial charge on any atom is 0.282 e. The van der Waals surface area contributed by atoms with Crippen LogP contribution in [0.25, 0.3) is 0 Å². The Hall–Kier alpha value is -1.29. The minimum absolute atomic E-state index is 0.143. The Labute approximate surface area is 76.8 Å². The van der Waals surface area contributed by atoms with Gasteiger partial charge in [0.15, 0.2) is 0 Å². The van der Waals surface area contributed by atoms with Gasteiger partial charge in [0.05, 0.1) is 6.20 Å². The summed E-state index contributed by atoms with van der Waals surface area (Å²) in [7, 11) is 0. The lowest BCUT2D eigenvalue weighted by Crippen LogP contribution is -2.22. The van der Waals surface area contributed by atoms with Gasteiger partial charge < -0.3 is 10.5 Å². The van der Waals surface area contributed by atoms with Crippen molar-refractivity contribution in [1.82, 2.24) is 10.0 Å². The average Bonchev–Trinajstić information content (AvgIpc) is 2.10. The van der Waals surface area contributed by atoms with Crippen LogP contribution in [0.15, 0.2) is 23.1 Å². The Kier molecular flexibility index (Phi) is 3.08. The van der Waals surface area contributed by atoms with Crippen molar-refractivity contribution in [3.63, 3.8) is 0 Å². The van der Waals surface area contributed by atoms with E-state index in [2.05, 4.69) is 5.32 Å². The zero-order chi connectivity index (χ0) is 9.84. The van der Waals surface area contributed by atoms with Crippen molar-refractivity contribution in [2.24, 2.45) is 0 Å². The molecule has 0 aromatic carbocycles. The summed E-state index contributed by atoms with van der Waals surface area (Å²) in [5.74, 6) is 0. The molecule has 72 valence electrons. The lowest BCUT2D eigenvalue weighted by atomic mass is 10.1. The van der Waals surface area contributed by atoms with Gasteiger partial charge in [0, 0.05) is 12.1 Å². The number of nitrogens with one attached hydrogen (secondary N) is 1. The quantitative estimate of drug-likeness (QED) is 0.678. The molecule has 0 aliphatic heterocycles. The molecule has 0 saturated carbocycles. The van der Waals surface area contributed by atoms with Crippen LogP contribution in [-0.2, 0) is 0 Å². The monoisotopic (exact) mass is 182 g/mol. The second kappa shape index (κ2) is 4.09. The van der Waals surface area contributed by atoms with Gasteiger partial charge in [0.2, 0.25) is 0 Å². The minimum atomic E-state index is -0.410. The topological polar surface area (TPSA) is 54.3 Å².